The highest BCUT2D eigenvalue weighted by Crippen LogP contribution is 2.28. The molecule has 0 bridgehead atoms. The summed E-state index contributed by atoms with van der Waals surface area (Å²) in [7, 11) is 0. The highest BCUT2D eigenvalue weighted by molar-refractivity contribution is 8.00. The van der Waals surface area contributed by atoms with Gasteiger partial charge in [0, 0.05) is 23.6 Å². The van der Waals surface area contributed by atoms with E-state index in [9.17, 15) is 9.59 Å². The quantitative estimate of drug-likeness (QED) is 0.580. The number of thiophene rings is 1. The normalized spacial score (nSPS) is 12.2. The van der Waals surface area contributed by atoms with E-state index in [-0.39, 0.29) is 11.8 Å². The number of carbonyl (C=O) groups excluding carboxylic acids is 2. The van der Waals surface area contributed by atoms with E-state index >= 15 is 0 Å². The fourth-order valence-electron chi connectivity index (χ4n) is 2.62. The van der Waals surface area contributed by atoms with Crippen molar-refractivity contribution in [1.82, 2.24) is 14.8 Å². The Hall–Kier alpha value is -2.45. The van der Waals surface area contributed by atoms with E-state index < -0.39 is 5.25 Å². The van der Waals surface area contributed by atoms with Gasteiger partial charge in [0.2, 0.25) is 11.8 Å². The first-order valence-electron chi connectivity index (χ1n) is 8.93. The third kappa shape index (κ3) is 4.51. The SMILES string of the molecule is CC(=O)n1c(SC(C)C(=O)Nc2ccc(C(C)C)cc2)nnc1-c1ccsc1. The van der Waals surface area contributed by atoms with Crippen molar-refractivity contribution >= 4 is 40.6 Å². The van der Waals surface area contributed by atoms with Gasteiger partial charge in [0.05, 0.1) is 5.25 Å². The number of hydrogen-bond acceptors (Lipinski definition) is 6. The molecule has 6 nitrogen and oxygen atoms in total. The number of nitrogens with one attached hydrogen (secondary N) is 1. The van der Waals surface area contributed by atoms with Crippen molar-refractivity contribution in [3.8, 4) is 11.4 Å². The average molecular weight is 415 g/mol. The summed E-state index contributed by atoms with van der Waals surface area (Å²) in [5, 5.41) is 15.0. The van der Waals surface area contributed by atoms with Crippen LogP contribution in [-0.2, 0) is 4.79 Å². The monoisotopic (exact) mass is 414 g/mol. The summed E-state index contributed by atoms with van der Waals surface area (Å²) in [6.07, 6.45) is 0. The molecule has 0 aliphatic rings. The van der Waals surface area contributed by atoms with E-state index in [1.165, 1.54) is 40.2 Å². The van der Waals surface area contributed by atoms with E-state index in [0.717, 1.165) is 11.3 Å². The Morgan fingerprint density at radius 1 is 1.11 bits per heavy atom. The third-order valence-corrected chi connectivity index (χ3v) is 5.95. The molecule has 8 heteroatoms. The van der Waals surface area contributed by atoms with Crippen molar-refractivity contribution in [2.75, 3.05) is 5.32 Å². The first kappa shape index (κ1) is 20.3. The van der Waals surface area contributed by atoms with Gasteiger partial charge in [-0.1, -0.05) is 37.7 Å². The lowest BCUT2D eigenvalue weighted by Gasteiger charge is -2.13. The Morgan fingerprint density at radius 3 is 2.39 bits per heavy atom. The van der Waals surface area contributed by atoms with Crippen LogP contribution in [0.1, 0.15) is 44.0 Å². The van der Waals surface area contributed by atoms with Gasteiger partial charge >= 0.3 is 0 Å². The van der Waals surface area contributed by atoms with E-state index in [1.54, 1.807) is 6.92 Å². The maximum atomic E-state index is 12.6. The van der Waals surface area contributed by atoms with Crippen LogP contribution in [0.15, 0.2) is 46.2 Å². The summed E-state index contributed by atoms with van der Waals surface area (Å²) < 4.78 is 1.45. The molecule has 0 saturated heterocycles. The van der Waals surface area contributed by atoms with Crippen molar-refractivity contribution in [3.05, 3.63) is 46.7 Å². The summed E-state index contributed by atoms with van der Waals surface area (Å²) >= 11 is 2.74. The smallest absolute Gasteiger partial charge is 0.237 e. The Balaban J connectivity index is 1.73. The molecule has 0 spiro atoms. The summed E-state index contributed by atoms with van der Waals surface area (Å²) in [5.41, 5.74) is 2.80. The number of nitrogens with zero attached hydrogens (tertiary/aromatic N) is 3. The Bertz CT molecular complexity index is 963. The van der Waals surface area contributed by atoms with Crippen molar-refractivity contribution < 1.29 is 9.59 Å². The Morgan fingerprint density at radius 2 is 1.82 bits per heavy atom. The van der Waals surface area contributed by atoms with Crippen molar-refractivity contribution in [3.63, 3.8) is 0 Å². The standard InChI is InChI=1S/C20H22N4O2S2/c1-12(2)15-5-7-17(8-6-15)21-19(26)13(3)28-20-23-22-18(24(20)14(4)25)16-9-10-27-11-16/h5-13H,1-4H3,(H,21,26). The highest BCUT2D eigenvalue weighted by Gasteiger charge is 2.23. The maximum absolute atomic E-state index is 12.6. The molecule has 0 aliphatic heterocycles. The van der Waals surface area contributed by atoms with Gasteiger partial charge in [-0.25, -0.2) is 4.57 Å². The fraction of sp³-hybridized carbons (Fsp3) is 0.300. The number of rotatable bonds is 6. The maximum Gasteiger partial charge on any atom is 0.237 e. The van der Waals surface area contributed by atoms with Crippen molar-refractivity contribution in [2.24, 2.45) is 0 Å². The number of anilines is 1. The van der Waals surface area contributed by atoms with Crippen LogP contribution < -0.4 is 5.32 Å². The second kappa shape index (κ2) is 8.70. The minimum Gasteiger partial charge on any atom is -0.325 e. The predicted octanol–water partition coefficient (Wildman–Crippen LogP) is 4.91. The molecule has 1 aromatic carbocycles. The van der Waals surface area contributed by atoms with Crippen molar-refractivity contribution in [2.45, 2.75) is 44.0 Å². The van der Waals surface area contributed by atoms with Gasteiger partial charge in [-0.05, 0) is 42.0 Å². The second-order valence-corrected chi connectivity index (χ2v) is 8.79. The minimum atomic E-state index is -0.442. The zero-order valence-corrected chi connectivity index (χ0v) is 17.8. The first-order valence-corrected chi connectivity index (χ1v) is 10.8. The van der Waals surface area contributed by atoms with E-state index in [0.29, 0.717) is 16.9 Å². The summed E-state index contributed by atoms with van der Waals surface area (Å²) in [6.45, 7) is 7.50. The predicted molar refractivity (Wildman–Crippen MR) is 114 cm³/mol. The zero-order valence-electron chi connectivity index (χ0n) is 16.2. The molecule has 0 fully saturated rings. The molecule has 1 atom stereocenters. The summed E-state index contributed by atoms with van der Waals surface area (Å²) in [5.74, 6) is 0.589. The fourth-order valence-corrected chi connectivity index (χ4v) is 4.14. The van der Waals surface area contributed by atoms with E-state index in [1.807, 2.05) is 41.1 Å². The van der Waals surface area contributed by atoms with Crippen LogP contribution in [-0.4, -0.2) is 31.8 Å². The topological polar surface area (TPSA) is 76.9 Å². The lowest BCUT2D eigenvalue weighted by molar-refractivity contribution is -0.115. The number of benzene rings is 1. The van der Waals surface area contributed by atoms with Crippen LogP contribution >= 0.6 is 23.1 Å². The average Bonchev–Trinajstić information content (AvgIpc) is 3.31. The number of hydrogen-bond donors (Lipinski definition) is 1. The molecule has 0 saturated carbocycles. The van der Waals surface area contributed by atoms with Gasteiger partial charge in [-0.3, -0.25) is 9.59 Å². The lowest BCUT2D eigenvalue weighted by Crippen LogP contribution is -2.23. The molecule has 1 unspecified atom stereocenters. The molecule has 1 N–H and O–H groups in total. The molecule has 0 aliphatic carbocycles. The van der Waals surface area contributed by atoms with Crippen LogP contribution in [0.4, 0.5) is 5.69 Å². The number of thioether (sulfide) groups is 1. The van der Waals surface area contributed by atoms with Crippen LogP contribution in [0, 0.1) is 0 Å². The molecule has 2 aromatic heterocycles. The highest BCUT2D eigenvalue weighted by atomic mass is 32.2. The van der Waals surface area contributed by atoms with Crippen LogP contribution in [0.2, 0.25) is 0 Å². The van der Waals surface area contributed by atoms with Crippen LogP contribution in [0.5, 0.6) is 0 Å². The largest absolute Gasteiger partial charge is 0.325 e. The van der Waals surface area contributed by atoms with Crippen LogP contribution in [0.3, 0.4) is 0 Å². The van der Waals surface area contributed by atoms with Gasteiger partial charge in [-0.15, -0.1) is 10.2 Å². The lowest BCUT2D eigenvalue weighted by atomic mass is 10.0. The molecule has 3 aromatic rings. The second-order valence-electron chi connectivity index (χ2n) is 6.70. The van der Waals surface area contributed by atoms with Gasteiger partial charge in [-0.2, -0.15) is 11.3 Å². The molecular weight excluding hydrogens is 392 g/mol. The van der Waals surface area contributed by atoms with Gasteiger partial charge in [0.1, 0.15) is 0 Å². The Labute approximate surface area is 172 Å². The third-order valence-electron chi connectivity index (χ3n) is 4.22. The molecule has 1 amide bonds. The number of amides is 1. The molecule has 0 radical (unpaired) electrons. The Kier molecular flexibility index (Phi) is 6.31. The zero-order chi connectivity index (χ0) is 20.3. The molecule has 2 heterocycles. The first-order chi connectivity index (χ1) is 13.4. The molecule has 146 valence electrons. The van der Waals surface area contributed by atoms with Gasteiger partial charge in [0.25, 0.3) is 0 Å². The van der Waals surface area contributed by atoms with Gasteiger partial charge < -0.3 is 5.32 Å². The number of carbonyl (C=O) groups is 2. The molecular formula is C20H22N4O2S2. The van der Waals surface area contributed by atoms with Crippen LogP contribution in [0.25, 0.3) is 11.4 Å². The van der Waals surface area contributed by atoms with Crippen molar-refractivity contribution in [1.29, 1.82) is 0 Å². The summed E-state index contributed by atoms with van der Waals surface area (Å²) in [4.78, 5) is 24.7. The summed E-state index contributed by atoms with van der Waals surface area (Å²) in [6, 6.07) is 9.71. The van der Waals surface area contributed by atoms with E-state index in [4.69, 9.17) is 0 Å². The number of aromatic nitrogens is 3. The molecule has 3 rings (SSSR count). The minimum absolute atomic E-state index is 0.155. The molecule has 28 heavy (non-hydrogen) atoms. The van der Waals surface area contributed by atoms with E-state index in [2.05, 4.69) is 29.4 Å². The van der Waals surface area contributed by atoms with Gasteiger partial charge in [0.15, 0.2) is 11.0 Å².